The van der Waals surface area contributed by atoms with Crippen molar-refractivity contribution in [1.82, 2.24) is 20.0 Å². The van der Waals surface area contributed by atoms with E-state index in [-0.39, 0.29) is 24.2 Å². The van der Waals surface area contributed by atoms with Crippen molar-refractivity contribution in [2.45, 2.75) is 57.4 Å². The second-order valence-electron chi connectivity index (χ2n) is 8.26. The average Bonchev–Trinajstić information content (AvgIpc) is 2.97. The highest BCUT2D eigenvalue weighted by Gasteiger charge is 2.31. The first-order valence-electron chi connectivity index (χ1n) is 10.6. The topological polar surface area (TPSA) is 55.9 Å². The summed E-state index contributed by atoms with van der Waals surface area (Å²) >= 11 is 0. The molecule has 6 nitrogen and oxygen atoms in total. The molecule has 27 heavy (non-hydrogen) atoms. The summed E-state index contributed by atoms with van der Waals surface area (Å²) in [5, 5.41) is 3.33. The van der Waals surface area contributed by atoms with Gasteiger partial charge in [0.15, 0.2) is 0 Å². The Balaban J connectivity index is 0.00000261. The van der Waals surface area contributed by atoms with Crippen molar-refractivity contribution in [1.29, 1.82) is 0 Å². The van der Waals surface area contributed by atoms with Crippen molar-refractivity contribution in [3.63, 3.8) is 0 Å². The molecule has 0 aromatic rings. The monoisotopic (exact) mass is 400 g/mol. The fraction of sp³-hybridized carbons (Fsp3) is 0.900. The van der Waals surface area contributed by atoms with Crippen LogP contribution in [0.4, 0.5) is 0 Å². The summed E-state index contributed by atoms with van der Waals surface area (Å²) in [7, 11) is 2.00. The number of rotatable bonds is 4. The summed E-state index contributed by atoms with van der Waals surface area (Å²) in [5.74, 6) is 0.704. The summed E-state index contributed by atoms with van der Waals surface area (Å²) in [6, 6.07) is 0.508. The fourth-order valence-corrected chi connectivity index (χ4v) is 4.65. The van der Waals surface area contributed by atoms with E-state index in [1.54, 1.807) is 0 Å². The molecular formula is C20H37ClN4O2. The molecule has 3 rings (SSSR count). The molecule has 0 aliphatic carbocycles. The van der Waals surface area contributed by atoms with E-state index in [0.29, 0.717) is 18.5 Å². The van der Waals surface area contributed by atoms with Crippen molar-refractivity contribution in [3.05, 3.63) is 0 Å². The number of nitrogens with one attached hydrogen (secondary N) is 1. The SMILES string of the molecule is CNC1CCCN(CC(=O)N2CCC(C(=O)N3CCCCCC3)CC2)C1.Cl. The zero-order valence-electron chi connectivity index (χ0n) is 16.8. The Bertz CT molecular complexity index is 475. The largest absolute Gasteiger partial charge is 0.342 e. The predicted molar refractivity (Wildman–Crippen MR) is 110 cm³/mol. The maximum absolute atomic E-state index is 12.8. The normalized spacial score (nSPS) is 25.6. The Labute approximate surface area is 170 Å². The molecule has 1 atom stereocenters. The van der Waals surface area contributed by atoms with Gasteiger partial charge in [0, 0.05) is 44.7 Å². The van der Waals surface area contributed by atoms with Crippen molar-refractivity contribution in [2.24, 2.45) is 5.92 Å². The van der Waals surface area contributed by atoms with E-state index in [1.807, 2.05) is 11.9 Å². The van der Waals surface area contributed by atoms with Crippen molar-refractivity contribution >= 4 is 24.2 Å². The third-order valence-corrected chi connectivity index (χ3v) is 6.39. The molecule has 3 fully saturated rings. The molecule has 0 spiro atoms. The van der Waals surface area contributed by atoms with Crippen LogP contribution in [0, 0.1) is 5.92 Å². The van der Waals surface area contributed by atoms with Crippen LogP contribution in [-0.2, 0) is 9.59 Å². The molecule has 3 aliphatic heterocycles. The number of nitrogens with zero attached hydrogens (tertiary/aromatic N) is 3. The predicted octanol–water partition coefficient (Wildman–Crippen LogP) is 1.73. The van der Waals surface area contributed by atoms with Crippen LogP contribution in [0.3, 0.4) is 0 Å². The Kier molecular flexibility index (Phi) is 9.33. The minimum atomic E-state index is 0. The second kappa shape index (κ2) is 11.2. The van der Waals surface area contributed by atoms with Crippen LogP contribution in [0.25, 0.3) is 0 Å². The van der Waals surface area contributed by atoms with Crippen LogP contribution in [0.5, 0.6) is 0 Å². The summed E-state index contributed by atoms with van der Waals surface area (Å²) in [6.45, 7) is 5.86. The number of amides is 2. The Morgan fingerprint density at radius 1 is 0.852 bits per heavy atom. The molecule has 0 bridgehead atoms. The van der Waals surface area contributed by atoms with E-state index in [0.717, 1.165) is 71.4 Å². The summed E-state index contributed by atoms with van der Waals surface area (Å²) < 4.78 is 0. The Morgan fingerprint density at radius 2 is 1.52 bits per heavy atom. The number of hydrogen-bond acceptors (Lipinski definition) is 4. The third-order valence-electron chi connectivity index (χ3n) is 6.39. The quantitative estimate of drug-likeness (QED) is 0.780. The van der Waals surface area contributed by atoms with Crippen LogP contribution in [-0.4, -0.2) is 85.4 Å². The number of halogens is 1. The van der Waals surface area contributed by atoms with Crippen LogP contribution in [0.2, 0.25) is 0 Å². The number of carbonyl (C=O) groups excluding carboxylic acids is 2. The van der Waals surface area contributed by atoms with Crippen LogP contribution >= 0.6 is 12.4 Å². The molecule has 0 saturated carbocycles. The smallest absolute Gasteiger partial charge is 0.236 e. The summed E-state index contributed by atoms with van der Waals surface area (Å²) in [6.07, 6.45) is 8.82. The first-order chi connectivity index (χ1) is 12.7. The molecule has 1 N–H and O–H groups in total. The lowest BCUT2D eigenvalue weighted by Gasteiger charge is -2.36. The molecule has 2 amide bonds. The van der Waals surface area contributed by atoms with Crippen LogP contribution in [0.1, 0.15) is 51.4 Å². The maximum atomic E-state index is 12.8. The van der Waals surface area contributed by atoms with Gasteiger partial charge in [0.05, 0.1) is 6.54 Å². The van der Waals surface area contributed by atoms with Crippen LogP contribution in [0.15, 0.2) is 0 Å². The summed E-state index contributed by atoms with van der Waals surface area (Å²) in [5.41, 5.74) is 0. The molecule has 7 heteroatoms. The van der Waals surface area contributed by atoms with Crippen molar-refractivity contribution in [2.75, 3.05) is 52.9 Å². The van der Waals surface area contributed by atoms with E-state index in [2.05, 4.69) is 15.1 Å². The number of hydrogen-bond donors (Lipinski definition) is 1. The van der Waals surface area contributed by atoms with E-state index in [9.17, 15) is 9.59 Å². The average molecular weight is 401 g/mol. The molecule has 3 saturated heterocycles. The minimum absolute atomic E-state index is 0. The first kappa shape index (κ1) is 22.4. The molecule has 3 heterocycles. The lowest BCUT2D eigenvalue weighted by Crippen LogP contribution is -2.50. The van der Waals surface area contributed by atoms with E-state index in [4.69, 9.17) is 0 Å². The van der Waals surface area contributed by atoms with Gasteiger partial charge in [0.25, 0.3) is 0 Å². The van der Waals surface area contributed by atoms with Gasteiger partial charge >= 0.3 is 0 Å². The van der Waals surface area contributed by atoms with E-state index >= 15 is 0 Å². The highest BCUT2D eigenvalue weighted by Crippen LogP contribution is 2.22. The zero-order chi connectivity index (χ0) is 18.4. The Morgan fingerprint density at radius 3 is 2.15 bits per heavy atom. The molecule has 0 radical (unpaired) electrons. The number of piperidine rings is 2. The number of likely N-dealkylation sites (N-methyl/N-ethyl adjacent to an activating group) is 1. The third kappa shape index (κ3) is 6.33. The van der Waals surface area contributed by atoms with Gasteiger partial charge in [-0.15, -0.1) is 12.4 Å². The van der Waals surface area contributed by atoms with E-state index in [1.165, 1.54) is 19.3 Å². The molecular weight excluding hydrogens is 364 g/mol. The lowest BCUT2D eigenvalue weighted by molar-refractivity contribution is -0.141. The molecule has 156 valence electrons. The second-order valence-corrected chi connectivity index (χ2v) is 8.26. The maximum Gasteiger partial charge on any atom is 0.236 e. The van der Waals surface area contributed by atoms with E-state index < -0.39 is 0 Å². The first-order valence-corrected chi connectivity index (χ1v) is 10.6. The van der Waals surface area contributed by atoms with Gasteiger partial charge in [0.2, 0.25) is 11.8 Å². The van der Waals surface area contributed by atoms with Crippen molar-refractivity contribution < 1.29 is 9.59 Å². The zero-order valence-corrected chi connectivity index (χ0v) is 17.6. The Hall–Kier alpha value is -0.850. The van der Waals surface area contributed by atoms with Gasteiger partial charge in [-0.25, -0.2) is 0 Å². The highest BCUT2D eigenvalue weighted by molar-refractivity contribution is 5.85. The standard InChI is InChI=1S/C20H36N4O2.ClH/c1-21-18-7-6-10-22(15-18)16-19(25)23-13-8-17(9-14-23)20(26)24-11-4-2-3-5-12-24;/h17-18,21H,2-16H2,1H3;1H. The van der Waals surface area contributed by atoms with Crippen molar-refractivity contribution in [3.8, 4) is 0 Å². The molecule has 0 aromatic carbocycles. The van der Waals surface area contributed by atoms with Gasteiger partial charge in [-0.2, -0.15) is 0 Å². The van der Waals surface area contributed by atoms with Crippen LogP contribution < -0.4 is 5.32 Å². The van der Waals surface area contributed by atoms with Gasteiger partial charge in [-0.05, 0) is 52.1 Å². The van der Waals surface area contributed by atoms with Gasteiger partial charge < -0.3 is 15.1 Å². The highest BCUT2D eigenvalue weighted by atomic mass is 35.5. The fourth-order valence-electron chi connectivity index (χ4n) is 4.65. The molecule has 1 unspecified atom stereocenters. The number of likely N-dealkylation sites (tertiary alicyclic amines) is 3. The van der Waals surface area contributed by atoms with Gasteiger partial charge in [-0.3, -0.25) is 14.5 Å². The summed E-state index contributed by atoms with van der Waals surface area (Å²) in [4.78, 5) is 31.8. The number of carbonyl (C=O) groups is 2. The lowest BCUT2D eigenvalue weighted by atomic mass is 9.95. The van der Waals surface area contributed by atoms with Gasteiger partial charge in [0.1, 0.15) is 0 Å². The molecule has 3 aliphatic rings. The molecule has 0 aromatic heterocycles. The van der Waals surface area contributed by atoms with Gasteiger partial charge in [-0.1, -0.05) is 12.8 Å². The minimum Gasteiger partial charge on any atom is -0.342 e.